The van der Waals surface area contributed by atoms with E-state index >= 15 is 0 Å². The summed E-state index contributed by atoms with van der Waals surface area (Å²) in [4.78, 5) is 13.1. The zero-order chi connectivity index (χ0) is 24.0. The minimum Gasteiger partial charge on any atom is -0.486 e. The molecule has 2 fully saturated rings. The number of nitrogens with zero attached hydrogens (tertiary/aromatic N) is 4. The molecule has 0 spiro atoms. The van der Waals surface area contributed by atoms with Crippen LogP contribution in [0.1, 0.15) is 55.6 Å². The summed E-state index contributed by atoms with van der Waals surface area (Å²) >= 11 is 0. The topological polar surface area (TPSA) is 95.8 Å². The smallest absolute Gasteiger partial charge is 0.230 e. The lowest BCUT2D eigenvalue weighted by atomic mass is 9.90. The van der Waals surface area contributed by atoms with E-state index in [1.54, 1.807) is 18.2 Å². The maximum atomic E-state index is 14.2. The van der Waals surface area contributed by atoms with Gasteiger partial charge in [-0.05, 0) is 87.0 Å². The van der Waals surface area contributed by atoms with Gasteiger partial charge in [-0.2, -0.15) is 10.2 Å². The second kappa shape index (κ2) is 10.8. The van der Waals surface area contributed by atoms with Crippen LogP contribution in [-0.4, -0.2) is 40.3 Å². The lowest BCUT2D eigenvalue weighted by Crippen LogP contribution is -2.31. The molecule has 1 aliphatic carbocycles. The molecule has 1 saturated carbocycles. The number of hydrogen-bond donors (Lipinski definition) is 2. The fraction of sp³-hybridized carbons (Fsp3) is 0.407. The SMILES string of the molecule is N#Cc1cc(-c2ncnc(Nc3ccc(C4CCNCC4)cc3)n2)ccc1O[C@H]1CCCCC1F. The number of piperidine rings is 1. The number of rotatable bonds is 6. The Kier molecular flexibility index (Phi) is 7.15. The summed E-state index contributed by atoms with van der Waals surface area (Å²) in [5.74, 6) is 1.86. The van der Waals surface area contributed by atoms with Crippen LogP contribution in [-0.2, 0) is 0 Å². The molecule has 8 heteroatoms. The van der Waals surface area contributed by atoms with E-state index in [1.807, 2.05) is 12.1 Å². The van der Waals surface area contributed by atoms with Crippen molar-refractivity contribution in [3.05, 3.63) is 59.9 Å². The summed E-state index contributed by atoms with van der Waals surface area (Å²) in [7, 11) is 0. The minimum atomic E-state index is -0.999. The number of nitriles is 1. The van der Waals surface area contributed by atoms with Crippen LogP contribution in [0.15, 0.2) is 48.8 Å². The monoisotopic (exact) mass is 472 g/mol. The van der Waals surface area contributed by atoms with Crippen molar-refractivity contribution < 1.29 is 9.13 Å². The van der Waals surface area contributed by atoms with Crippen molar-refractivity contribution in [1.29, 1.82) is 5.26 Å². The molecule has 180 valence electrons. The first-order valence-electron chi connectivity index (χ1n) is 12.3. The second-order valence-electron chi connectivity index (χ2n) is 9.18. The molecule has 0 radical (unpaired) electrons. The van der Waals surface area contributed by atoms with Crippen LogP contribution in [0.4, 0.5) is 16.0 Å². The van der Waals surface area contributed by atoms with E-state index in [0.717, 1.165) is 44.5 Å². The van der Waals surface area contributed by atoms with Gasteiger partial charge in [0.2, 0.25) is 5.95 Å². The fourth-order valence-electron chi connectivity index (χ4n) is 4.83. The summed E-state index contributed by atoms with van der Waals surface area (Å²) in [5, 5.41) is 16.3. The molecule has 2 N–H and O–H groups in total. The molecule has 1 saturated heterocycles. The van der Waals surface area contributed by atoms with Crippen LogP contribution in [0.2, 0.25) is 0 Å². The van der Waals surface area contributed by atoms with Gasteiger partial charge < -0.3 is 15.4 Å². The van der Waals surface area contributed by atoms with E-state index in [2.05, 4.69) is 43.8 Å². The Hall–Kier alpha value is -3.57. The number of ether oxygens (including phenoxy) is 1. The van der Waals surface area contributed by atoms with E-state index in [9.17, 15) is 9.65 Å². The van der Waals surface area contributed by atoms with Gasteiger partial charge in [0.05, 0.1) is 5.56 Å². The number of benzene rings is 2. The molecule has 2 heterocycles. The maximum Gasteiger partial charge on any atom is 0.230 e. The van der Waals surface area contributed by atoms with E-state index in [0.29, 0.717) is 47.4 Å². The zero-order valence-electron chi connectivity index (χ0n) is 19.6. The molecule has 2 aliphatic rings. The normalized spacial score (nSPS) is 20.7. The molecule has 1 aliphatic heterocycles. The van der Waals surface area contributed by atoms with Crippen molar-refractivity contribution in [2.24, 2.45) is 0 Å². The molecule has 7 nitrogen and oxygen atoms in total. The van der Waals surface area contributed by atoms with Crippen LogP contribution < -0.4 is 15.4 Å². The number of anilines is 2. The lowest BCUT2D eigenvalue weighted by molar-refractivity contribution is 0.0636. The first-order valence-corrected chi connectivity index (χ1v) is 12.3. The number of hydrogen-bond acceptors (Lipinski definition) is 7. The third-order valence-electron chi connectivity index (χ3n) is 6.81. The fourth-order valence-corrected chi connectivity index (χ4v) is 4.83. The summed E-state index contributed by atoms with van der Waals surface area (Å²) in [6.07, 6.45) is 5.24. The molecule has 1 unspecified atom stereocenters. The molecule has 5 rings (SSSR count). The van der Waals surface area contributed by atoms with Crippen molar-refractivity contribution in [1.82, 2.24) is 20.3 Å². The van der Waals surface area contributed by atoms with Crippen molar-refractivity contribution in [2.45, 2.75) is 56.7 Å². The highest BCUT2D eigenvalue weighted by Crippen LogP contribution is 2.31. The summed E-state index contributed by atoms with van der Waals surface area (Å²) in [5.41, 5.74) is 3.26. The third-order valence-corrected chi connectivity index (χ3v) is 6.81. The van der Waals surface area contributed by atoms with Crippen LogP contribution >= 0.6 is 0 Å². The number of nitrogens with one attached hydrogen (secondary N) is 2. The van der Waals surface area contributed by atoms with Gasteiger partial charge in [-0.15, -0.1) is 0 Å². The molecule has 1 aromatic heterocycles. The van der Waals surface area contributed by atoms with Gasteiger partial charge in [0, 0.05) is 11.3 Å². The molecule has 2 atom stereocenters. The van der Waals surface area contributed by atoms with Crippen molar-refractivity contribution in [3.63, 3.8) is 0 Å². The van der Waals surface area contributed by atoms with Crippen LogP contribution in [0.25, 0.3) is 11.4 Å². The summed E-state index contributed by atoms with van der Waals surface area (Å²) in [6, 6.07) is 15.7. The second-order valence-corrected chi connectivity index (χ2v) is 9.18. The van der Waals surface area contributed by atoms with Crippen LogP contribution in [0, 0.1) is 11.3 Å². The molecular formula is C27H29FN6O. The Labute approximate surface area is 204 Å². The van der Waals surface area contributed by atoms with Crippen LogP contribution in [0.3, 0.4) is 0 Å². The Morgan fingerprint density at radius 1 is 1.00 bits per heavy atom. The highest BCUT2D eigenvalue weighted by Gasteiger charge is 2.27. The van der Waals surface area contributed by atoms with Gasteiger partial charge in [-0.1, -0.05) is 18.6 Å². The summed E-state index contributed by atoms with van der Waals surface area (Å²) < 4.78 is 20.1. The number of aromatic nitrogens is 3. The van der Waals surface area contributed by atoms with Crippen molar-refractivity contribution in [2.75, 3.05) is 18.4 Å². The van der Waals surface area contributed by atoms with Crippen molar-refractivity contribution >= 4 is 11.6 Å². The Balaban J connectivity index is 1.29. The standard InChI is InChI=1S/C27H29FN6O/c28-23-3-1-2-4-25(23)35-24-10-7-20(15-21(24)16-29)26-31-17-32-27(34-26)33-22-8-5-18(6-9-22)19-11-13-30-14-12-19/h5-10,15,17,19,23,25,30H,1-4,11-14H2,(H,31,32,33,34)/t23?,25-/m0/s1. The Morgan fingerprint density at radius 2 is 1.80 bits per heavy atom. The van der Waals surface area contributed by atoms with Crippen molar-refractivity contribution in [3.8, 4) is 23.2 Å². The highest BCUT2D eigenvalue weighted by atomic mass is 19.1. The predicted octanol–water partition coefficient (Wildman–Crippen LogP) is 5.28. The van der Waals surface area contributed by atoms with Gasteiger partial charge in [0.15, 0.2) is 5.82 Å². The molecule has 35 heavy (non-hydrogen) atoms. The average Bonchev–Trinajstić information content (AvgIpc) is 2.91. The van der Waals surface area contributed by atoms with E-state index in [1.165, 1.54) is 11.9 Å². The zero-order valence-corrected chi connectivity index (χ0v) is 19.6. The number of alkyl halides is 1. The molecule has 3 aromatic rings. The van der Waals surface area contributed by atoms with Gasteiger partial charge in [-0.25, -0.2) is 14.4 Å². The Morgan fingerprint density at radius 3 is 2.57 bits per heavy atom. The predicted molar refractivity (Wildman–Crippen MR) is 132 cm³/mol. The molecule has 2 aromatic carbocycles. The quantitative estimate of drug-likeness (QED) is 0.504. The van der Waals surface area contributed by atoms with Gasteiger partial charge >= 0.3 is 0 Å². The number of halogens is 1. The molecule has 0 amide bonds. The minimum absolute atomic E-state index is 0.337. The molecular weight excluding hydrogens is 443 g/mol. The first kappa shape index (κ1) is 23.2. The molecule has 0 bridgehead atoms. The maximum absolute atomic E-state index is 14.2. The Bertz CT molecular complexity index is 1190. The first-order chi connectivity index (χ1) is 17.2. The highest BCUT2D eigenvalue weighted by molar-refractivity contribution is 5.63. The van der Waals surface area contributed by atoms with Gasteiger partial charge in [-0.3, -0.25) is 0 Å². The van der Waals surface area contributed by atoms with E-state index in [-0.39, 0.29) is 0 Å². The van der Waals surface area contributed by atoms with E-state index in [4.69, 9.17) is 4.74 Å². The van der Waals surface area contributed by atoms with Gasteiger partial charge in [0.1, 0.15) is 30.4 Å². The van der Waals surface area contributed by atoms with Crippen LogP contribution in [0.5, 0.6) is 5.75 Å². The summed E-state index contributed by atoms with van der Waals surface area (Å²) in [6.45, 7) is 2.13. The average molecular weight is 473 g/mol. The van der Waals surface area contributed by atoms with Gasteiger partial charge in [0.25, 0.3) is 0 Å². The van der Waals surface area contributed by atoms with E-state index < -0.39 is 12.3 Å². The largest absolute Gasteiger partial charge is 0.486 e. The lowest BCUT2D eigenvalue weighted by Gasteiger charge is -2.27. The third kappa shape index (κ3) is 5.57.